The fourth-order valence-corrected chi connectivity index (χ4v) is 3.57. The number of carbonyl (C=O) groups is 1. The molecule has 5 nitrogen and oxygen atoms in total. The van der Waals surface area contributed by atoms with Crippen LogP contribution in [0.4, 0.5) is 11.6 Å². The van der Waals surface area contributed by atoms with Crippen LogP contribution in [0.25, 0.3) is 0 Å². The molecule has 0 bridgehead atoms. The number of ketones is 1. The summed E-state index contributed by atoms with van der Waals surface area (Å²) >= 11 is 0. The van der Waals surface area contributed by atoms with Gasteiger partial charge in [-0.05, 0) is 67.1 Å². The molecule has 1 aliphatic rings. The van der Waals surface area contributed by atoms with E-state index >= 15 is 0 Å². The first kappa shape index (κ1) is 18.2. The van der Waals surface area contributed by atoms with Gasteiger partial charge >= 0.3 is 0 Å². The van der Waals surface area contributed by atoms with Gasteiger partial charge in [-0.3, -0.25) is 4.79 Å². The zero-order valence-corrected chi connectivity index (χ0v) is 16.3. The Kier molecular flexibility index (Phi) is 4.82. The quantitative estimate of drug-likeness (QED) is 0.714. The van der Waals surface area contributed by atoms with Crippen molar-refractivity contribution >= 4 is 17.4 Å². The summed E-state index contributed by atoms with van der Waals surface area (Å²) < 4.78 is 5.23. The minimum absolute atomic E-state index is 0.0970. The maximum atomic E-state index is 12.6. The summed E-state index contributed by atoms with van der Waals surface area (Å²) in [6, 6.07) is 14.1. The molecule has 0 amide bonds. The second kappa shape index (κ2) is 7.43. The topological polar surface area (TPSA) is 64.1 Å². The predicted octanol–water partition coefficient (Wildman–Crippen LogP) is 4.76. The summed E-state index contributed by atoms with van der Waals surface area (Å²) in [5.41, 5.74) is 5.95. The molecule has 0 fully saturated rings. The normalized spacial score (nSPS) is 15.8. The number of benzene rings is 2. The van der Waals surface area contributed by atoms with Gasteiger partial charge in [0.05, 0.1) is 18.4 Å². The minimum Gasteiger partial charge on any atom is -0.497 e. The number of fused-ring (bicyclic) bond motifs is 1. The summed E-state index contributed by atoms with van der Waals surface area (Å²) in [4.78, 5) is 21.6. The van der Waals surface area contributed by atoms with E-state index in [1.165, 1.54) is 11.1 Å². The highest BCUT2D eigenvalue weighted by Gasteiger charge is 2.28. The van der Waals surface area contributed by atoms with E-state index in [1.807, 2.05) is 30.3 Å². The lowest BCUT2D eigenvalue weighted by Crippen LogP contribution is -2.21. The largest absolute Gasteiger partial charge is 0.497 e. The maximum Gasteiger partial charge on any atom is 0.227 e. The lowest BCUT2D eigenvalue weighted by atomic mass is 9.82. The Hall–Kier alpha value is -3.21. The molecular formula is C23H23N3O2. The molecule has 142 valence electrons. The fourth-order valence-electron chi connectivity index (χ4n) is 3.57. The highest BCUT2D eigenvalue weighted by Crippen LogP contribution is 2.33. The van der Waals surface area contributed by atoms with Crippen LogP contribution in [-0.2, 0) is 6.42 Å². The molecule has 2 aromatic carbocycles. The Morgan fingerprint density at radius 1 is 1.04 bits per heavy atom. The number of rotatable bonds is 4. The highest BCUT2D eigenvalue weighted by molar-refractivity contribution is 5.98. The van der Waals surface area contributed by atoms with Crippen LogP contribution in [0.1, 0.15) is 45.1 Å². The molecule has 0 spiro atoms. The molecule has 0 saturated carbocycles. The molecule has 1 heterocycles. The first-order valence-corrected chi connectivity index (χ1v) is 9.41. The highest BCUT2D eigenvalue weighted by atomic mass is 16.5. The van der Waals surface area contributed by atoms with Gasteiger partial charge in [-0.25, -0.2) is 9.97 Å². The van der Waals surface area contributed by atoms with Crippen molar-refractivity contribution in [1.29, 1.82) is 0 Å². The van der Waals surface area contributed by atoms with E-state index in [0.29, 0.717) is 17.9 Å². The Bertz CT molecular complexity index is 1030. The van der Waals surface area contributed by atoms with Gasteiger partial charge in [-0.1, -0.05) is 18.2 Å². The fraction of sp³-hybridized carbons (Fsp3) is 0.261. The number of aromatic nitrogens is 2. The Labute approximate surface area is 164 Å². The molecule has 0 radical (unpaired) electrons. The zero-order chi connectivity index (χ0) is 19.7. The van der Waals surface area contributed by atoms with Crippen molar-refractivity contribution in [1.82, 2.24) is 9.97 Å². The second-order valence-corrected chi connectivity index (χ2v) is 7.28. The van der Waals surface area contributed by atoms with Crippen LogP contribution < -0.4 is 10.1 Å². The molecule has 1 aromatic heterocycles. The number of aryl methyl sites for hydroxylation is 2. The van der Waals surface area contributed by atoms with Crippen molar-refractivity contribution in [2.24, 2.45) is 0 Å². The average molecular weight is 373 g/mol. The Morgan fingerprint density at radius 3 is 2.54 bits per heavy atom. The van der Waals surface area contributed by atoms with Gasteiger partial charge in [0.1, 0.15) is 5.75 Å². The van der Waals surface area contributed by atoms with Crippen molar-refractivity contribution in [3.05, 3.63) is 76.6 Å². The van der Waals surface area contributed by atoms with Crippen LogP contribution in [-0.4, -0.2) is 22.9 Å². The van der Waals surface area contributed by atoms with Crippen LogP contribution in [0, 0.1) is 13.8 Å². The third-order valence-electron chi connectivity index (χ3n) is 5.39. The third kappa shape index (κ3) is 3.60. The lowest BCUT2D eigenvalue weighted by molar-refractivity contribution is 0.0962. The molecule has 0 aliphatic heterocycles. The molecule has 3 aromatic rings. The minimum atomic E-state index is 0.0970. The molecular weight excluding hydrogens is 350 g/mol. The average Bonchev–Trinajstić information content (AvgIpc) is 2.70. The van der Waals surface area contributed by atoms with Crippen molar-refractivity contribution in [3.8, 4) is 5.75 Å². The van der Waals surface area contributed by atoms with Crippen LogP contribution in [0.5, 0.6) is 5.75 Å². The number of ether oxygens (including phenoxy) is 1. The summed E-state index contributed by atoms with van der Waals surface area (Å²) in [5, 5.41) is 3.26. The Morgan fingerprint density at radius 2 is 1.82 bits per heavy atom. The number of hydrogen-bond acceptors (Lipinski definition) is 5. The van der Waals surface area contributed by atoms with Crippen molar-refractivity contribution < 1.29 is 9.53 Å². The lowest BCUT2D eigenvalue weighted by Gasteiger charge is -2.23. The number of hydrogen-bond donors (Lipinski definition) is 1. The van der Waals surface area contributed by atoms with Crippen molar-refractivity contribution in [2.75, 3.05) is 12.4 Å². The first-order valence-electron chi connectivity index (χ1n) is 9.41. The van der Waals surface area contributed by atoms with Crippen molar-refractivity contribution in [3.63, 3.8) is 0 Å². The molecule has 4 rings (SSSR count). The van der Waals surface area contributed by atoms with Gasteiger partial charge in [0.25, 0.3) is 0 Å². The van der Waals surface area contributed by atoms with E-state index in [1.54, 1.807) is 13.3 Å². The van der Waals surface area contributed by atoms with Crippen LogP contribution in [0.15, 0.2) is 48.7 Å². The van der Waals surface area contributed by atoms with E-state index in [0.717, 1.165) is 29.1 Å². The number of nitrogens with zero attached hydrogens (tertiary/aromatic N) is 2. The molecule has 28 heavy (non-hydrogen) atoms. The molecule has 0 unspecified atom stereocenters. The van der Waals surface area contributed by atoms with Gasteiger partial charge in [-0.2, -0.15) is 0 Å². The molecule has 1 N–H and O–H groups in total. The number of carbonyl (C=O) groups excluding carboxylic acids is 1. The SMILES string of the molecule is COc1ccc([C@H]2CC(=O)c3cnc(Nc4ccc(C)c(C)c4)nc3C2)cc1. The van der Waals surface area contributed by atoms with E-state index in [4.69, 9.17) is 4.74 Å². The number of Topliss-reactive ketones (excluding diaryl/α,β-unsaturated/α-hetero) is 1. The van der Waals surface area contributed by atoms with Gasteiger partial charge in [0, 0.05) is 18.3 Å². The molecule has 5 heteroatoms. The third-order valence-corrected chi connectivity index (χ3v) is 5.39. The summed E-state index contributed by atoms with van der Waals surface area (Å²) in [7, 11) is 1.65. The van der Waals surface area contributed by atoms with Crippen LogP contribution >= 0.6 is 0 Å². The van der Waals surface area contributed by atoms with Gasteiger partial charge in [-0.15, -0.1) is 0 Å². The van der Waals surface area contributed by atoms with Crippen LogP contribution in [0.3, 0.4) is 0 Å². The molecule has 1 aliphatic carbocycles. The zero-order valence-electron chi connectivity index (χ0n) is 16.3. The summed E-state index contributed by atoms with van der Waals surface area (Å²) in [6.45, 7) is 4.16. The van der Waals surface area contributed by atoms with E-state index in [-0.39, 0.29) is 11.7 Å². The predicted molar refractivity (Wildman–Crippen MR) is 110 cm³/mol. The van der Waals surface area contributed by atoms with E-state index < -0.39 is 0 Å². The van der Waals surface area contributed by atoms with Crippen molar-refractivity contribution in [2.45, 2.75) is 32.6 Å². The van der Waals surface area contributed by atoms with E-state index in [9.17, 15) is 4.79 Å². The number of nitrogens with one attached hydrogen (secondary N) is 1. The summed E-state index contributed by atoms with van der Waals surface area (Å²) in [5.74, 6) is 1.55. The second-order valence-electron chi connectivity index (χ2n) is 7.28. The Balaban J connectivity index is 1.58. The van der Waals surface area contributed by atoms with Gasteiger partial charge < -0.3 is 10.1 Å². The number of anilines is 2. The van der Waals surface area contributed by atoms with E-state index in [2.05, 4.69) is 41.3 Å². The maximum absolute atomic E-state index is 12.6. The first-order chi connectivity index (χ1) is 13.5. The van der Waals surface area contributed by atoms with Gasteiger partial charge in [0.15, 0.2) is 5.78 Å². The standard InChI is InChI=1S/C23H23N3O2/c1-14-4-7-18(10-15(14)2)25-23-24-13-20-21(26-23)11-17(12-22(20)27)16-5-8-19(28-3)9-6-16/h4-10,13,17H,11-12H2,1-3H3,(H,24,25,26)/t17-/m1/s1. The molecule has 1 atom stereocenters. The molecule has 0 saturated heterocycles. The van der Waals surface area contributed by atoms with Crippen LogP contribution in [0.2, 0.25) is 0 Å². The summed E-state index contributed by atoms with van der Waals surface area (Å²) in [6.07, 6.45) is 2.85. The monoisotopic (exact) mass is 373 g/mol. The van der Waals surface area contributed by atoms with Gasteiger partial charge in [0.2, 0.25) is 5.95 Å². The smallest absolute Gasteiger partial charge is 0.227 e. The number of methoxy groups -OCH3 is 1.